The van der Waals surface area contributed by atoms with Crippen molar-refractivity contribution in [3.63, 3.8) is 0 Å². The van der Waals surface area contributed by atoms with Crippen molar-refractivity contribution < 1.29 is 28.6 Å². The van der Waals surface area contributed by atoms with E-state index in [0.717, 1.165) is 0 Å². The fraction of sp³-hybridized carbons (Fsp3) is 0.400. The predicted octanol–water partition coefficient (Wildman–Crippen LogP) is 4.50. The molecule has 8 heteroatoms. The summed E-state index contributed by atoms with van der Waals surface area (Å²) in [5, 5.41) is 2.80. The van der Waals surface area contributed by atoms with E-state index in [1.54, 1.807) is 53.4 Å². The van der Waals surface area contributed by atoms with Crippen molar-refractivity contribution in [1.82, 2.24) is 4.90 Å². The molecule has 1 N–H and O–H groups in total. The molecule has 0 saturated carbocycles. The molecule has 1 aliphatic rings. The van der Waals surface area contributed by atoms with Crippen molar-refractivity contribution in [1.29, 1.82) is 0 Å². The van der Waals surface area contributed by atoms with Crippen LogP contribution in [0.15, 0.2) is 48.5 Å². The van der Waals surface area contributed by atoms with Gasteiger partial charge in [-0.1, -0.05) is 12.1 Å². The maximum Gasteiger partial charge on any atom is 0.410 e. The van der Waals surface area contributed by atoms with Gasteiger partial charge in [-0.05, 0) is 70.0 Å². The summed E-state index contributed by atoms with van der Waals surface area (Å²) in [5.74, 6) is -0.0321. The minimum atomic E-state index is -0.550. The Morgan fingerprint density at radius 3 is 2.21 bits per heavy atom. The van der Waals surface area contributed by atoms with Crippen molar-refractivity contribution in [2.24, 2.45) is 5.92 Å². The van der Waals surface area contributed by atoms with Gasteiger partial charge in [0.05, 0.1) is 18.6 Å². The maximum absolute atomic E-state index is 12.6. The number of hydrogen-bond donors (Lipinski definition) is 1. The molecule has 0 bridgehead atoms. The van der Waals surface area contributed by atoms with Gasteiger partial charge in [-0.15, -0.1) is 0 Å². The van der Waals surface area contributed by atoms with E-state index in [1.165, 1.54) is 7.11 Å². The number of methoxy groups -OCH3 is 1. The number of anilines is 1. The Morgan fingerprint density at radius 2 is 1.61 bits per heavy atom. The van der Waals surface area contributed by atoms with Crippen molar-refractivity contribution in [3.05, 3.63) is 54.1 Å². The van der Waals surface area contributed by atoms with Crippen molar-refractivity contribution in [2.75, 3.05) is 25.5 Å². The molecule has 0 aromatic heterocycles. The van der Waals surface area contributed by atoms with Gasteiger partial charge in [0.15, 0.2) is 0 Å². The molecule has 1 aliphatic heterocycles. The molecule has 8 nitrogen and oxygen atoms in total. The van der Waals surface area contributed by atoms with Crippen LogP contribution < -0.4 is 14.8 Å². The number of para-hydroxylation sites is 1. The highest BCUT2D eigenvalue weighted by atomic mass is 16.6. The Morgan fingerprint density at radius 1 is 0.970 bits per heavy atom. The number of rotatable bonds is 5. The van der Waals surface area contributed by atoms with Gasteiger partial charge in [0.25, 0.3) is 5.91 Å². The SMILES string of the molecule is COc1ccccc1C(=O)Nc1ccc(OC(=O)C2CCN(C(=O)OC(C)(C)C)CC2)cc1. The highest BCUT2D eigenvalue weighted by Gasteiger charge is 2.31. The third-order valence-electron chi connectivity index (χ3n) is 5.16. The zero-order chi connectivity index (χ0) is 24.0. The van der Waals surface area contributed by atoms with Crippen molar-refractivity contribution >= 4 is 23.7 Å². The van der Waals surface area contributed by atoms with E-state index in [1.807, 2.05) is 20.8 Å². The van der Waals surface area contributed by atoms with E-state index in [-0.39, 0.29) is 23.9 Å². The highest BCUT2D eigenvalue weighted by Crippen LogP contribution is 2.24. The molecule has 0 atom stereocenters. The Balaban J connectivity index is 1.50. The van der Waals surface area contributed by atoms with Crippen LogP contribution in [-0.2, 0) is 9.53 Å². The summed E-state index contributed by atoms with van der Waals surface area (Å²) in [5.41, 5.74) is 0.440. The van der Waals surface area contributed by atoms with Gasteiger partial charge in [0.2, 0.25) is 0 Å². The molecule has 33 heavy (non-hydrogen) atoms. The normalized spacial score (nSPS) is 14.4. The van der Waals surface area contributed by atoms with Gasteiger partial charge in [0.1, 0.15) is 17.1 Å². The van der Waals surface area contributed by atoms with E-state index < -0.39 is 5.60 Å². The first-order valence-electron chi connectivity index (χ1n) is 10.9. The molecule has 1 fully saturated rings. The van der Waals surface area contributed by atoms with Crippen molar-refractivity contribution in [2.45, 2.75) is 39.2 Å². The molecule has 1 saturated heterocycles. The van der Waals surface area contributed by atoms with Crippen LogP contribution in [0.5, 0.6) is 11.5 Å². The monoisotopic (exact) mass is 454 g/mol. The Kier molecular flexibility index (Phi) is 7.58. The largest absolute Gasteiger partial charge is 0.496 e. The topological polar surface area (TPSA) is 94.2 Å². The summed E-state index contributed by atoms with van der Waals surface area (Å²) in [6, 6.07) is 13.5. The maximum atomic E-state index is 12.6. The zero-order valence-electron chi connectivity index (χ0n) is 19.4. The summed E-state index contributed by atoms with van der Waals surface area (Å²) in [6.45, 7) is 6.36. The lowest BCUT2D eigenvalue weighted by molar-refractivity contribution is -0.140. The van der Waals surface area contributed by atoms with Gasteiger partial charge in [-0.25, -0.2) is 4.79 Å². The Hall–Kier alpha value is -3.55. The molecule has 0 unspecified atom stereocenters. The summed E-state index contributed by atoms with van der Waals surface area (Å²) in [7, 11) is 1.51. The average molecular weight is 455 g/mol. The summed E-state index contributed by atoms with van der Waals surface area (Å²) in [6.07, 6.45) is 0.677. The Bertz CT molecular complexity index is 989. The second kappa shape index (κ2) is 10.4. The van der Waals surface area contributed by atoms with Gasteiger partial charge >= 0.3 is 12.1 Å². The van der Waals surface area contributed by atoms with Crippen LogP contribution in [0.1, 0.15) is 44.0 Å². The Labute approximate surface area is 193 Å². The standard InChI is InChI=1S/C25H30N2O6/c1-25(2,3)33-24(30)27-15-13-17(14-16-27)23(29)32-19-11-9-18(10-12-19)26-22(28)20-7-5-6-8-21(20)31-4/h5-12,17H,13-16H2,1-4H3,(H,26,28). The molecule has 176 valence electrons. The molecule has 0 aliphatic carbocycles. The van der Waals surface area contributed by atoms with E-state index in [4.69, 9.17) is 14.2 Å². The number of hydrogen-bond acceptors (Lipinski definition) is 6. The first-order chi connectivity index (χ1) is 15.7. The number of esters is 1. The summed E-state index contributed by atoms with van der Waals surface area (Å²) >= 11 is 0. The number of likely N-dealkylation sites (tertiary alicyclic amines) is 1. The van der Waals surface area contributed by atoms with Crippen LogP contribution in [0.4, 0.5) is 10.5 Å². The first kappa shape index (κ1) is 24.1. The van der Waals surface area contributed by atoms with E-state index >= 15 is 0 Å². The van der Waals surface area contributed by atoms with E-state index in [9.17, 15) is 14.4 Å². The number of ether oxygens (including phenoxy) is 3. The predicted molar refractivity (Wildman–Crippen MR) is 124 cm³/mol. The molecule has 2 aromatic rings. The number of piperidine rings is 1. The number of benzene rings is 2. The van der Waals surface area contributed by atoms with Gasteiger partial charge in [0, 0.05) is 18.8 Å². The molecule has 2 aromatic carbocycles. The van der Waals surface area contributed by atoms with E-state index in [0.29, 0.717) is 48.7 Å². The summed E-state index contributed by atoms with van der Waals surface area (Å²) < 4.78 is 16.1. The molecule has 1 heterocycles. The van der Waals surface area contributed by atoms with E-state index in [2.05, 4.69) is 5.32 Å². The number of amides is 2. The van der Waals surface area contributed by atoms with Gasteiger partial charge in [-0.3, -0.25) is 9.59 Å². The second-order valence-electron chi connectivity index (χ2n) is 8.84. The molecule has 0 radical (unpaired) electrons. The lowest BCUT2D eigenvalue weighted by Gasteiger charge is -2.32. The first-order valence-corrected chi connectivity index (χ1v) is 10.9. The van der Waals surface area contributed by atoms with Crippen LogP contribution in [0.25, 0.3) is 0 Å². The lowest BCUT2D eigenvalue weighted by Crippen LogP contribution is -2.43. The third kappa shape index (κ3) is 6.71. The highest BCUT2D eigenvalue weighted by molar-refractivity contribution is 6.06. The molecular weight excluding hydrogens is 424 g/mol. The van der Waals surface area contributed by atoms with Gasteiger partial charge < -0.3 is 24.4 Å². The van der Waals surface area contributed by atoms with Gasteiger partial charge in [-0.2, -0.15) is 0 Å². The van der Waals surface area contributed by atoms with Crippen LogP contribution in [-0.4, -0.2) is 48.7 Å². The second-order valence-corrected chi connectivity index (χ2v) is 8.84. The minimum Gasteiger partial charge on any atom is -0.496 e. The van der Waals surface area contributed by atoms with Crippen LogP contribution in [0.3, 0.4) is 0 Å². The smallest absolute Gasteiger partial charge is 0.410 e. The quantitative estimate of drug-likeness (QED) is 0.528. The fourth-order valence-electron chi connectivity index (χ4n) is 3.46. The van der Waals surface area contributed by atoms with Crippen LogP contribution >= 0.6 is 0 Å². The third-order valence-corrected chi connectivity index (χ3v) is 5.16. The fourth-order valence-corrected chi connectivity index (χ4v) is 3.46. The number of nitrogens with one attached hydrogen (secondary N) is 1. The molecule has 3 rings (SSSR count). The number of carbonyl (C=O) groups is 3. The molecular formula is C25H30N2O6. The molecule has 2 amide bonds. The van der Waals surface area contributed by atoms with Crippen LogP contribution in [0.2, 0.25) is 0 Å². The lowest BCUT2D eigenvalue weighted by atomic mass is 9.97. The number of nitrogens with zero attached hydrogens (tertiary/aromatic N) is 1. The van der Waals surface area contributed by atoms with Crippen molar-refractivity contribution in [3.8, 4) is 11.5 Å². The summed E-state index contributed by atoms with van der Waals surface area (Å²) in [4.78, 5) is 38.8. The minimum absolute atomic E-state index is 0.284. The zero-order valence-corrected chi connectivity index (χ0v) is 19.4. The van der Waals surface area contributed by atoms with Crippen LogP contribution in [0, 0.1) is 5.92 Å². The molecule has 0 spiro atoms. The number of carbonyl (C=O) groups excluding carboxylic acids is 3. The average Bonchev–Trinajstić information content (AvgIpc) is 2.79.